The normalized spacial score (nSPS) is 11.5. The van der Waals surface area contributed by atoms with Gasteiger partial charge in [0.1, 0.15) is 10.7 Å². The Labute approximate surface area is 150 Å². The molecule has 4 rings (SSSR count). The lowest BCUT2D eigenvalue weighted by Gasteiger charge is -1.99. The summed E-state index contributed by atoms with van der Waals surface area (Å²) in [5, 5.41) is 5.88. The van der Waals surface area contributed by atoms with E-state index in [1.807, 2.05) is 25.4 Å². The molecule has 0 bridgehead atoms. The van der Waals surface area contributed by atoms with Crippen molar-refractivity contribution < 1.29 is 8.42 Å². The van der Waals surface area contributed by atoms with E-state index < -0.39 is 10.7 Å². The highest BCUT2D eigenvalue weighted by molar-refractivity contribution is 7.71. The van der Waals surface area contributed by atoms with Gasteiger partial charge in [0.15, 0.2) is 5.43 Å². The van der Waals surface area contributed by atoms with Crippen molar-refractivity contribution in [3.8, 4) is 11.1 Å². The molecule has 2 aromatic heterocycles. The summed E-state index contributed by atoms with van der Waals surface area (Å²) in [7, 11) is -0.721. The zero-order valence-electron chi connectivity index (χ0n) is 13.9. The minimum Gasteiger partial charge on any atom is -0.289 e. The van der Waals surface area contributed by atoms with Crippen LogP contribution >= 0.6 is 0 Å². The maximum atomic E-state index is 13.1. The average Bonchev–Trinajstić information content (AvgIpc) is 3.00. The Morgan fingerprint density at radius 3 is 2.54 bits per heavy atom. The molecule has 4 aromatic rings. The largest absolute Gasteiger partial charge is 0.289 e. The summed E-state index contributed by atoms with van der Waals surface area (Å²) in [6.07, 6.45) is 5.30. The number of thiol groups is 1. The van der Waals surface area contributed by atoms with E-state index in [1.165, 1.54) is 0 Å². The van der Waals surface area contributed by atoms with Crippen molar-refractivity contribution in [3.63, 3.8) is 0 Å². The van der Waals surface area contributed by atoms with E-state index in [0.29, 0.717) is 21.9 Å². The van der Waals surface area contributed by atoms with E-state index in [-0.39, 0.29) is 11.2 Å². The summed E-state index contributed by atoms with van der Waals surface area (Å²) in [5.41, 5.74) is 2.71. The molecule has 6 nitrogen and oxygen atoms in total. The zero-order valence-corrected chi connectivity index (χ0v) is 14.8. The highest BCUT2D eigenvalue weighted by atomic mass is 32.2. The molecule has 26 heavy (non-hydrogen) atoms. The first-order valence-corrected chi connectivity index (χ1v) is 9.34. The molecule has 7 heteroatoms. The molecule has 0 radical (unpaired) electrons. The topological polar surface area (TPSA) is 81.9 Å². The van der Waals surface area contributed by atoms with Gasteiger partial charge in [0.05, 0.1) is 17.5 Å². The maximum Gasteiger partial charge on any atom is 0.195 e. The summed E-state index contributed by atoms with van der Waals surface area (Å²) in [4.78, 5) is 17.5. The van der Waals surface area contributed by atoms with Crippen LogP contribution in [-0.2, 0) is 23.5 Å². The summed E-state index contributed by atoms with van der Waals surface area (Å²) in [6, 6.07) is 10.6. The lowest BCUT2D eigenvalue weighted by atomic mass is 10.1. The third-order valence-corrected chi connectivity index (χ3v) is 4.92. The van der Waals surface area contributed by atoms with Crippen molar-refractivity contribution in [1.29, 1.82) is 0 Å². The van der Waals surface area contributed by atoms with Gasteiger partial charge in [-0.15, -0.1) is 0 Å². The molecule has 0 aliphatic rings. The molecule has 2 aromatic carbocycles. The van der Waals surface area contributed by atoms with Crippen molar-refractivity contribution in [2.24, 2.45) is 7.05 Å². The van der Waals surface area contributed by atoms with Crippen LogP contribution in [0.4, 0.5) is 0 Å². The van der Waals surface area contributed by atoms with Crippen molar-refractivity contribution >= 4 is 32.4 Å². The minimum atomic E-state index is -2.55. The number of benzene rings is 1. The number of rotatable bonds is 3. The molecule has 0 unspecified atom stereocenters. The quantitative estimate of drug-likeness (QED) is 0.563. The van der Waals surface area contributed by atoms with Gasteiger partial charge in [0.25, 0.3) is 0 Å². The standard InChI is InChI=1S/C19H15N3O3S/c1-22-10-15(9-21-22)14-7-17-18(20-8-14)5-4-13-3-2-12(11-26(24)25)6-16(13)19(17)23/h2-10,26H,11H2,1H3. The number of hydrogen-bond acceptors (Lipinski definition) is 5. The molecule has 0 fully saturated rings. The monoisotopic (exact) mass is 365 g/mol. The van der Waals surface area contributed by atoms with E-state index in [9.17, 15) is 13.2 Å². The molecule has 0 spiro atoms. The Morgan fingerprint density at radius 1 is 1.00 bits per heavy atom. The molecular weight excluding hydrogens is 350 g/mol. The third-order valence-electron chi connectivity index (χ3n) is 4.30. The van der Waals surface area contributed by atoms with Gasteiger partial charge in [-0.2, -0.15) is 5.10 Å². The Kier molecular flexibility index (Phi) is 4.00. The van der Waals surface area contributed by atoms with Crippen LogP contribution in [0, 0.1) is 0 Å². The van der Waals surface area contributed by atoms with E-state index in [1.54, 1.807) is 41.3 Å². The van der Waals surface area contributed by atoms with Crippen LogP contribution in [-0.4, -0.2) is 23.2 Å². The van der Waals surface area contributed by atoms with Gasteiger partial charge in [-0.3, -0.25) is 14.5 Å². The van der Waals surface area contributed by atoms with Crippen molar-refractivity contribution in [2.75, 3.05) is 0 Å². The molecule has 130 valence electrons. The fourth-order valence-electron chi connectivity index (χ4n) is 3.02. The van der Waals surface area contributed by atoms with E-state index in [2.05, 4.69) is 10.1 Å². The number of hydrogen-bond donors (Lipinski definition) is 1. The average molecular weight is 365 g/mol. The van der Waals surface area contributed by atoms with E-state index in [4.69, 9.17) is 0 Å². The third kappa shape index (κ3) is 2.97. The van der Waals surface area contributed by atoms with Gasteiger partial charge >= 0.3 is 0 Å². The molecule has 0 amide bonds. The lowest BCUT2D eigenvalue weighted by Crippen LogP contribution is -2.00. The predicted octanol–water partition coefficient (Wildman–Crippen LogP) is 2.26. The van der Waals surface area contributed by atoms with Gasteiger partial charge in [0.2, 0.25) is 0 Å². The second-order valence-electron chi connectivity index (χ2n) is 6.13. The number of aromatic nitrogens is 3. The van der Waals surface area contributed by atoms with Crippen LogP contribution < -0.4 is 5.43 Å². The van der Waals surface area contributed by atoms with E-state index in [0.717, 1.165) is 16.5 Å². The highest BCUT2D eigenvalue weighted by Gasteiger charge is 2.08. The summed E-state index contributed by atoms with van der Waals surface area (Å²) in [6.45, 7) is 0. The van der Waals surface area contributed by atoms with Gasteiger partial charge in [-0.25, -0.2) is 8.42 Å². The van der Waals surface area contributed by atoms with Crippen LogP contribution in [0.1, 0.15) is 5.56 Å². The van der Waals surface area contributed by atoms with Crippen molar-refractivity contribution in [3.05, 3.63) is 70.8 Å². The Morgan fingerprint density at radius 2 is 1.81 bits per heavy atom. The molecule has 0 aliphatic heterocycles. The minimum absolute atomic E-state index is 0.0829. The predicted molar refractivity (Wildman–Crippen MR) is 102 cm³/mol. The Hall–Kier alpha value is -3.06. The molecule has 0 aliphatic carbocycles. The Bertz CT molecular complexity index is 1280. The zero-order chi connectivity index (χ0) is 18.3. The first-order chi connectivity index (χ1) is 12.5. The summed E-state index contributed by atoms with van der Waals surface area (Å²) in [5.74, 6) is -0.0829. The molecule has 0 saturated carbocycles. The SMILES string of the molecule is Cn1cc(-c2cnc3ccc4ccc(C[SH](=O)=O)cc4c(=O)c3c2)cn1. The summed E-state index contributed by atoms with van der Waals surface area (Å²) >= 11 is 0. The van der Waals surface area contributed by atoms with Gasteiger partial charge in [0, 0.05) is 41.3 Å². The van der Waals surface area contributed by atoms with Gasteiger partial charge in [-0.1, -0.05) is 18.2 Å². The van der Waals surface area contributed by atoms with Crippen LogP contribution in [0.2, 0.25) is 0 Å². The summed E-state index contributed by atoms with van der Waals surface area (Å²) < 4.78 is 23.7. The maximum absolute atomic E-state index is 13.1. The molecule has 0 saturated heterocycles. The number of pyridine rings is 1. The molecule has 2 heterocycles. The first kappa shape index (κ1) is 16.4. The Balaban J connectivity index is 2.01. The smallest absolute Gasteiger partial charge is 0.195 e. The van der Waals surface area contributed by atoms with Crippen LogP contribution in [0.3, 0.4) is 0 Å². The highest BCUT2D eigenvalue weighted by Crippen LogP contribution is 2.22. The second-order valence-corrected chi connectivity index (χ2v) is 7.12. The molecule has 0 N–H and O–H groups in total. The van der Waals surface area contributed by atoms with Gasteiger partial charge in [-0.05, 0) is 29.1 Å². The lowest BCUT2D eigenvalue weighted by molar-refractivity contribution is 0.614. The number of nitrogens with zero attached hydrogens (tertiary/aromatic N) is 3. The molecule has 0 atom stereocenters. The van der Waals surface area contributed by atoms with Crippen LogP contribution in [0.15, 0.2) is 59.8 Å². The first-order valence-electron chi connectivity index (χ1n) is 7.98. The van der Waals surface area contributed by atoms with Crippen LogP contribution in [0.5, 0.6) is 0 Å². The number of aryl methyl sites for hydroxylation is 1. The van der Waals surface area contributed by atoms with Crippen LogP contribution in [0.25, 0.3) is 32.8 Å². The molecular formula is C19H15N3O3S. The fourth-order valence-corrected chi connectivity index (χ4v) is 3.52. The number of fused-ring (bicyclic) bond motifs is 2. The van der Waals surface area contributed by atoms with Crippen molar-refractivity contribution in [2.45, 2.75) is 5.75 Å². The van der Waals surface area contributed by atoms with Gasteiger partial charge < -0.3 is 0 Å². The van der Waals surface area contributed by atoms with Crippen molar-refractivity contribution in [1.82, 2.24) is 14.8 Å². The second kappa shape index (κ2) is 6.34. The fraction of sp³-hybridized carbons (Fsp3) is 0.105. The van der Waals surface area contributed by atoms with E-state index >= 15 is 0 Å².